The minimum Gasteiger partial charge on any atom is -0.443 e. The van der Waals surface area contributed by atoms with E-state index in [4.69, 9.17) is 67.5 Å². The molecule has 0 aliphatic heterocycles. The number of ether oxygens (including phenoxy) is 2. The molecule has 2 atom stereocenters. The van der Waals surface area contributed by atoms with Crippen molar-refractivity contribution in [1.29, 1.82) is 0 Å². The van der Waals surface area contributed by atoms with Crippen LogP contribution in [-0.2, 0) is 14.3 Å². The predicted molar refractivity (Wildman–Crippen MR) is 196 cm³/mol. The van der Waals surface area contributed by atoms with Gasteiger partial charge in [-0.2, -0.15) is 4.90 Å². The molecule has 2 N–H and O–H groups in total. The van der Waals surface area contributed by atoms with Crippen molar-refractivity contribution in [2.75, 3.05) is 15.5 Å². The summed E-state index contributed by atoms with van der Waals surface area (Å²) in [7, 11) is 0. The number of benzene rings is 3. The van der Waals surface area contributed by atoms with E-state index in [1.165, 1.54) is 39.0 Å². The van der Waals surface area contributed by atoms with Gasteiger partial charge in [0, 0.05) is 23.7 Å². The Labute approximate surface area is 318 Å². The monoisotopic (exact) mass is 805 g/mol. The van der Waals surface area contributed by atoms with E-state index < -0.39 is 74.4 Å². The Kier molecular flexibility index (Phi) is 12.1. The van der Waals surface area contributed by atoms with Crippen LogP contribution < -0.4 is 15.5 Å². The first-order chi connectivity index (χ1) is 23.6. The molecule has 0 aromatic heterocycles. The zero-order valence-electron chi connectivity index (χ0n) is 28.2. The standard InChI is InChI=1S/C35H34Cl5F2N3O6/c1-7-12-34(5,6)51-32(49)45(31(48)50-33(2,3)4)26-16-23(41)25(15-24(26)42)44-29(46)19-14-18(9-11-20(19)36)43-30(47)28-27(35(28,39)40)17-8-10-21(37)22(38)13-17/h8-11,13-16,27-28H,7,12H2,1-6H3,(H,43,47)(H,44,46)/t27-,28+/m0/s1. The van der Waals surface area contributed by atoms with E-state index in [1.54, 1.807) is 32.0 Å². The number of halogens is 7. The van der Waals surface area contributed by atoms with Crippen LogP contribution in [0.4, 0.5) is 35.4 Å². The molecule has 0 bridgehead atoms. The number of anilines is 3. The highest BCUT2D eigenvalue weighted by Crippen LogP contribution is 2.65. The summed E-state index contributed by atoms with van der Waals surface area (Å²) in [5.74, 6) is -5.52. The van der Waals surface area contributed by atoms with Gasteiger partial charge in [0.15, 0.2) is 0 Å². The lowest BCUT2D eigenvalue weighted by molar-refractivity contribution is -0.117. The van der Waals surface area contributed by atoms with Crippen molar-refractivity contribution in [3.63, 3.8) is 0 Å². The average Bonchev–Trinajstić information content (AvgIpc) is 3.58. The zero-order chi connectivity index (χ0) is 38.2. The Morgan fingerprint density at radius 2 is 1.45 bits per heavy atom. The first-order valence-electron chi connectivity index (χ1n) is 15.6. The maximum Gasteiger partial charge on any atom is 0.424 e. The molecule has 0 heterocycles. The summed E-state index contributed by atoms with van der Waals surface area (Å²) < 4.78 is 40.4. The summed E-state index contributed by atoms with van der Waals surface area (Å²) in [4.78, 5) is 53.0. The third kappa shape index (κ3) is 9.56. The molecule has 9 nitrogen and oxygen atoms in total. The van der Waals surface area contributed by atoms with E-state index in [-0.39, 0.29) is 26.2 Å². The average molecular weight is 808 g/mol. The first kappa shape index (κ1) is 40.4. The van der Waals surface area contributed by atoms with Crippen molar-refractivity contribution in [1.82, 2.24) is 0 Å². The van der Waals surface area contributed by atoms with Crippen molar-refractivity contribution in [2.24, 2.45) is 5.92 Å². The summed E-state index contributed by atoms with van der Waals surface area (Å²) >= 11 is 31.3. The number of carbonyl (C=O) groups is 4. The van der Waals surface area contributed by atoms with Gasteiger partial charge in [-0.3, -0.25) is 9.59 Å². The SMILES string of the molecule is CCCC(C)(C)OC(=O)N(C(=O)OC(C)(C)C)c1cc(F)c(NC(=O)c2cc(NC(=O)[C@H]3[C@H](c4ccc(Cl)c(Cl)c4)C3(Cl)Cl)ccc2Cl)cc1F. The fourth-order valence-corrected chi connectivity index (χ4v) is 6.62. The van der Waals surface area contributed by atoms with Crippen LogP contribution >= 0.6 is 58.0 Å². The lowest BCUT2D eigenvalue weighted by Gasteiger charge is -2.30. The Morgan fingerprint density at radius 1 is 0.824 bits per heavy atom. The predicted octanol–water partition coefficient (Wildman–Crippen LogP) is 11.2. The van der Waals surface area contributed by atoms with E-state index in [0.29, 0.717) is 35.6 Å². The highest BCUT2D eigenvalue weighted by molar-refractivity contribution is 6.53. The van der Waals surface area contributed by atoms with Crippen molar-refractivity contribution in [3.8, 4) is 0 Å². The topological polar surface area (TPSA) is 114 Å². The van der Waals surface area contributed by atoms with Crippen molar-refractivity contribution in [2.45, 2.75) is 75.8 Å². The number of amides is 4. The quantitative estimate of drug-likeness (QED) is 0.208. The molecule has 16 heteroatoms. The highest BCUT2D eigenvalue weighted by Gasteiger charge is 2.67. The van der Waals surface area contributed by atoms with Gasteiger partial charge in [0.25, 0.3) is 5.91 Å². The highest BCUT2D eigenvalue weighted by atomic mass is 35.5. The van der Waals surface area contributed by atoms with Crippen molar-refractivity contribution >= 4 is 99.1 Å². The first-order valence-corrected chi connectivity index (χ1v) is 17.4. The van der Waals surface area contributed by atoms with Gasteiger partial charge >= 0.3 is 12.2 Å². The second-order valence-corrected chi connectivity index (χ2v) is 16.1. The number of alkyl halides is 2. The van der Waals surface area contributed by atoms with E-state index in [1.807, 2.05) is 6.92 Å². The molecule has 0 radical (unpaired) electrons. The third-order valence-electron chi connectivity index (χ3n) is 7.62. The maximum atomic E-state index is 15.6. The smallest absolute Gasteiger partial charge is 0.424 e. The van der Waals surface area contributed by atoms with Crippen molar-refractivity contribution in [3.05, 3.63) is 86.4 Å². The van der Waals surface area contributed by atoms with E-state index in [2.05, 4.69) is 10.6 Å². The molecular formula is C35H34Cl5F2N3O6. The summed E-state index contributed by atoms with van der Waals surface area (Å²) in [6.07, 6.45) is -1.56. The molecule has 1 aliphatic carbocycles. The number of nitrogens with zero attached hydrogens (tertiary/aromatic N) is 1. The summed E-state index contributed by atoms with van der Waals surface area (Å²) in [6, 6.07) is 9.86. The third-order valence-corrected chi connectivity index (χ3v) is 9.63. The molecule has 3 aromatic rings. The molecule has 0 saturated heterocycles. The van der Waals surface area contributed by atoms with E-state index in [0.717, 1.165) is 0 Å². The molecule has 1 saturated carbocycles. The lowest BCUT2D eigenvalue weighted by Crippen LogP contribution is -2.44. The number of nitrogens with one attached hydrogen (secondary N) is 2. The lowest BCUT2D eigenvalue weighted by atomic mass is 10.0. The van der Waals surface area contributed by atoms with Crippen LogP contribution in [0, 0.1) is 17.6 Å². The largest absolute Gasteiger partial charge is 0.443 e. The molecule has 1 fully saturated rings. The molecule has 0 unspecified atom stereocenters. The van der Waals surface area contributed by atoms with Crippen LogP contribution in [0.15, 0.2) is 48.5 Å². The molecule has 4 rings (SSSR count). The van der Waals surface area contributed by atoms with Crippen LogP contribution in [0.1, 0.15) is 76.2 Å². The number of hydrogen-bond donors (Lipinski definition) is 2. The summed E-state index contributed by atoms with van der Waals surface area (Å²) in [6.45, 7) is 9.65. The molecule has 51 heavy (non-hydrogen) atoms. The van der Waals surface area contributed by atoms with Gasteiger partial charge in [-0.25, -0.2) is 18.4 Å². The molecule has 4 amide bonds. The fourth-order valence-electron chi connectivity index (χ4n) is 5.28. The Morgan fingerprint density at radius 3 is 2.06 bits per heavy atom. The van der Waals surface area contributed by atoms with Gasteiger partial charge in [0.2, 0.25) is 5.91 Å². The molecule has 274 valence electrons. The molecular weight excluding hydrogens is 774 g/mol. The Hall–Kier alpha value is -3.35. The van der Waals surface area contributed by atoms with Gasteiger partial charge in [-0.15, -0.1) is 23.2 Å². The van der Waals surface area contributed by atoms with Gasteiger partial charge in [0.05, 0.1) is 37.9 Å². The van der Waals surface area contributed by atoms with Gasteiger partial charge in [-0.1, -0.05) is 54.2 Å². The van der Waals surface area contributed by atoms with Gasteiger partial charge in [0.1, 0.15) is 27.2 Å². The van der Waals surface area contributed by atoms with Crippen LogP contribution in [0.5, 0.6) is 0 Å². The second-order valence-electron chi connectivity index (χ2n) is 13.4. The minimum atomic E-state index is -1.46. The van der Waals surface area contributed by atoms with Crippen molar-refractivity contribution < 1.29 is 37.4 Å². The van der Waals surface area contributed by atoms with Crippen LogP contribution in [0.25, 0.3) is 0 Å². The van der Waals surface area contributed by atoms with Gasteiger partial charge in [-0.05, 0) is 76.9 Å². The number of hydrogen-bond acceptors (Lipinski definition) is 6. The van der Waals surface area contributed by atoms with Crippen LogP contribution in [-0.4, -0.2) is 39.5 Å². The molecule has 0 spiro atoms. The number of rotatable bonds is 9. The maximum absolute atomic E-state index is 15.6. The summed E-state index contributed by atoms with van der Waals surface area (Å²) in [5, 5.41) is 5.36. The number of carbonyl (C=O) groups excluding carboxylic acids is 4. The fraction of sp³-hybridized carbons (Fsp3) is 0.371. The van der Waals surface area contributed by atoms with E-state index in [9.17, 15) is 19.2 Å². The Balaban J connectivity index is 1.56. The molecule has 3 aromatic carbocycles. The van der Waals surface area contributed by atoms with Crippen LogP contribution in [0.2, 0.25) is 15.1 Å². The zero-order valence-corrected chi connectivity index (χ0v) is 32.0. The number of imide groups is 1. The Bertz CT molecular complexity index is 1880. The van der Waals surface area contributed by atoms with E-state index >= 15 is 8.78 Å². The second kappa shape index (κ2) is 15.3. The normalized spacial score (nSPS) is 16.6. The van der Waals surface area contributed by atoms with Gasteiger partial charge < -0.3 is 20.1 Å². The molecule has 1 aliphatic rings. The summed E-state index contributed by atoms with van der Waals surface area (Å²) in [5.41, 5.74) is -3.11. The minimum absolute atomic E-state index is 0.0827. The van der Waals surface area contributed by atoms with Crippen LogP contribution in [0.3, 0.4) is 0 Å².